The number of nitrogens with zero attached hydrogens (tertiary/aromatic N) is 3. The van der Waals surface area contributed by atoms with Gasteiger partial charge >= 0.3 is 0 Å². The Morgan fingerprint density at radius 1 is 1.25 bits per heavy atom. The second-order valence-electron chi connectivity index (χ2n) is 6.95. The van der Waals surface area contributed by atoms with Gasteiger partial charge in [-0.3, -0.25) is 14.7 Å². The maximum atomic E-state index is 12.3. The van der Waals surface area contributed by atoms with Gasteiger partial charge in [0.1, 0.15) is 0 Å². The summed E-state index contributed by atoms with van der Waals surface area (Å²) in [5, 5.41) is 14.5. The van der Waals surface area contributed by atoms with E-state index in [9.17, 15) is 9.59 Å². The van der Waals surface area contributed by atoms with Gasteiger partial charge in [0.05, 0.1) is 22.8 Å². The first kappa shape index (κ1) is 17.7. The molecule has 3 aromatic rings. The van der Waals surface area contributed by atoms with E-state index in [2.05, 4.69) is 21.5 Å². The van der Waals surface area contributed by atoms with Crippen molar-refractivity contribution in [2.75, 3.05) is 6.54 Å². The van der Waals surface area contributed by atoms with Crippen molar-refractivity contribution in [1.29, 1.82) is 5.26 Å². The number of benzene rings is 1. The zero-order chi connectivity index (χ0) is 19.5. The van der Waals surface area contributed by atoms with Gasteiger partial charge in [0, 0.05) is 18.9 Å². The molecule has 1 aliphatic rings. The van der Waals surface area contributed by atoms with Gasteiger partial charge in [0.25, 0.3) is 11.5 Å². The Morgan fingerprint density at radius 2 is 2.04 bits per heavy atom. The number of aromatic nitrogens is 3. The first-order valence-electron chi connectivity index (χ1n) is 9.21. The molecule has 7 heteroatoms. The average molecular weight is 373 g/mol. The number of rotatable bonds is 5. The van der Waals surface area contributed by atoms with E-state index < -0.39 is 0 Å². The molecule has 2 aromatic heterocycles. The predicted molar refractivity (Wildman–Crippen MR) is 104 cm³/mol. The molecule has 0 unspecified atom stereocenters. The predicted octanol–water partition coefficient (Wildman–Crippen LogP) is 2.63. The minimum atomic E-state index is -0.256. The number of pyridine rings is 1. The van der Waals surface area contributed by atoms with Crippen LogP contribution in [0.15, 0.2) is 53.6 Å². The van der Waals surface area contributed by atoms with Crippen molar-refractivity contribution in [3.8, 4) is 23.0 Å². The summed E-state index contributed by atoms with van der Waals surface area (Å²) >= 11 is 0. The molecule has 0 spiro atoms. The molecule has 0 atom stereocenters. The van der Waals surface area contributed by atoms with Crippen molar-refractivity contribution in [1.82, 2.24) is 20.1 Å². The van der Waals surface area contributed by atoms with Gasteiger partial charge in [-0.25, -0.2) is 9.67 Å². The molecule has 1 amide bonds. The van der Waals surface area contributed by atoms with Crippen LogP contribution in [-0.4, -0.2) is 27.2 Å². The summed E-state index contributed by atoms with van der Waals surface area (Å²) in [4.78, 5) is 28.8. The van der Waals surface area contributed by atoms with E-state index >= 15 is 0 Å². The summed E-state index contributed by atoms with van der Waals surface area (Å²) in [5.74, 6) is 0.972. The molecule has 7 nitrogen and oxygen atoms in total. The van der Waals surface area contributed by atoms with Crippen molar-refractivity contribution < 1.29 is 4.79 Å². The number of carbonyl (C=O) groups is 1. The summed E-state index contributed by atoms with van der Waals surface area (Å²) in [5.41, 5.74) is 1.96. The lowest BCUT2D eigenvalue weighted by Gasteiger charge is -2.25. The number of H-pyrrole nitrogens is 1. The zero-order valence-electron chi connectivity index (χ0n) is 15.2. The first-order valence-corrected chi connectivity index (χ1v) is 9.21. The molecule has 1 fully saturated rings. The molecule has 4 rings (SSSR count). The minimum absolute atomic E-state index is 0.134. The van der Waals surface area contributed by atoms with Crippen LogP contribution in [0.25, 0.3) is 16.9 Å². The van der Waals surface area contributed by atoms with Gasteiger partial charge in [-0.1, -0.05) is 18.6 Å². The van der Waals surface area contributed by atoms with E-state index in [4.69, 9.17) is 5.26 Å². The lowest BCUT2D eigenvalue weighted by Crippen LogP contribution is -2.32. The van der Waals surface area contributed by atoms with Crippen molar-refractivity contribution in [2.45, 2.75) is 19.3 Å². The van der Waals surface area contributed by atoms with Crippen molar-refractivity contribution in [2.24, 2.45) is 5.92 Å². The molecule has 1 saturated carbocycles. The summed E-state index contributed by atoms with van der Waals surface area (Å²) in [6.07, 6.45) is 6.77. The van der Waals surface area contributed by atoms with Crippen LogP contribution in [0.3, 0.4) is 0 Å². The van der Waals surface area contributed by atoms with E-state index in [1.54, 1.807) is 42.6 Å². The van der Waals surface area contributed by atoms with Gasteiger partial charge in [0.15, 0.2) is 5.82 Å². The molecule has 0 bridgehead atoms. The van der Waals surface area contributed by atoms with Crippen LogP contribution in [0, 0.1) is 17.2 Å². The zero-order valence-corrected chi connectivity index (χ0v) is 15.2. The monoisotopic (exact) mass is 373 g/mol. The highest BCUT2D eigenvalue weighted by molar-refractivity contribution is 5.93. The lowest BCUT2D eigenvalue weighted by molar-refractivity contribution is 0.0938. The second-order valence-corrected chi connectivity index (χ2v) is 6.95. The van der Waals surface area contributed by atoms with E-state index in [0.29, 0.717) is 40.5 Å². The highest BCUT2D eigenvalue weighted by Gasteiger charge is 2.18. The molecule has 1 aliphatic carbocycles. The quantitative estimate of drug-likeness (QED) is 0.717. The second kappa shape index (κ2) is 7.53. The third kappa shape index (κ3) is 3.58. The topological polar surface area (TPSA) is 104 Å². The van der Waals surface area contributed by atoms with Gasteiger partial charge in [-0.2, -0.15) is 5.26 Å². The van der Waals surface area contributed by atoms with Crippen molar-refractivity contribution >= 4 is 5.91 Å². The fourth-order valence-corrected chi connectivity index (χ4v) is 3.14. The number of nitrogens with one attached hydrogen (secondary N) is 2. The number of hydrogen-bond acceptors (Lipinski definition) is 4. The third-order valence-corrected chi connectivity index (χ3v) is 5.08. The number of hydrogen-bond donors (Lipinski definition) is 2. The molecule has 2 heterocycles. The van der Waals surface area contributed by atoms with Crippen LogP contribution in [-0.2, 0) is 0 Å². The maximum absolute atomic E-state index is 12.3. The SMILES string of the molecule is N#Cc1ccc(-c2cn(-c3ccc(C(=O)NCC4CCC4)cn3)[nH]c2=O)cc1. The molecule has 0 aliphatic heterocycles. The Balaban J connectivity index is 1.50. The molecular formula is C21H19N5O2. The number of aromatic amines is 1. The fourth-order valence-electron chi connectivity index (χ4n) is 3.14. The van der Waals surface area contributed by atoms with Crippen molar-refractivity contribution in [3.05, 3.63) is 70.3 Å². The van der Waals surface area contributed by atoms with Crippen LogP contribution in [0.5, 0.6) is 0 Å². The first-order chi connectivity index (χ1) is 13.6. The Bertz CT molecular complexity index is 1080. The minimum Gasteiger partial charge on any atom is -0.352 e. The Labute approximate surface area is 161 Å². The van der Waals surface area contributed by atoms with Gasteiger partial charge in [-0.05, 0) is 48.6 Å². The highest BCUT2D eigenvalue weighted by Crippen LogP contribution is 2.25. The smallest absolute Gasteiger partial charge is 0.272 e. The standard InChI is InChI=1S/C21H19N5O2/c22-10-14-4-6-16(7-5-14)18-13-26(25-21(18)28)19-9-8-17(12-23-19)20(27)24-11-15-2-1-3-15/h4-9,12-13,15H,1-3,11H2,(H,24,27)(H,25,28). The number of amides is 1. The molecule has 0 saturated heterocycles. The lowest BCUT2D eigenvalue weighted by atomic mass is 9.85. The molecule has 0 radical (unpaired) electrons. The van der Waals surface area contributed by atoms with Gasteiger partial charge in [0.2, 0.25) is 0 Å². The van der Waals surface area contributed by atoms with Gasteiger partial charge in [-0.15, -0.1) is 0 Å². The molecule has 2 N–H and O–H groups in total. The van der Waals surface area contributed by atoms with Crippen LogP contribution in [0.1, 0.15) is 35.2 Å². The molecule has 28 heavy (non-hydrogen) atoms. The van der Waals surface area contributed by atoms with Crippen molar-refractivity contribution in [3.63, 3.8) is 0 Å². The summed E-state index contributed by atoms with van der Waals surface area (Å²) in [6.45, 7) is 0.708. The van der Waals surface area contributed by atoms with E-state index in [1.165, 1.54) is 30.1 Å². The largest absolute Gasteiger partial charge is 0.352 e. The summed E-state index contributed by atoms with van der Waals surface area (Å²) < 4.78 is 1.52. The number of carbonyl (C=O) groups excluding carboxylic acids is 1. The van der Waals surface area contributed by atoms with E-state index in [0.717, 1.165) is 0 Å². The van der Waals surface area contributed by atoms with Crippen LogP contribution < -0.4 is 10.9 Å². The van der Waals surface area contributed by atoms with E-state index in [1.807, 2.05) is 0 Å². The molecule has 140 valence electrons. The third-order valence-electron chi connectivity index (χ3n) is 5.08. The summed E-state index contributed by atoms with van der Waals surface area (Å²) in [6, 6.07) is 12.2. The maximum Gasteiger partial charge on any atom is 0.272 e. The Kier molecular flexibility index (Phi) is 4.77. The Morgan fingerprint density at radius 3 is 2.64 bits per heavy atom. The summed E-state index contributed by atoms with van der Waals surface area (Å²) in [7, 11) is 0. The van der Waals surface area contributed by atoms with Crippen LogP contribution >= 0.6 is 0 Å². The molecule has 1 aromatic carbocycles. The average Bonchev–Trinajstić information content (AvgIpc) is 3.08. The Hall–Kier alpha value is -3.66. The number of nitriles is 1. The molecular weight excluding hydrogens is 354 g/mol. The van der Waals surface area contributed by atoms with Crippen LogP contribution in [0.4, 0.5) is 0 Å². The highest BCUT2D eigenvalue weighted by atomic mass is 16.1. The van der Waals surface area contributed by atoms with E-state index in [-0.39, 0.29) is 11.5 Å². The normalized spacial score (nSPS) is 13.5. The van der Waals surface area contributed by atoms with Crippen LogP contribution in [0.2, 0.25) is 0 Å². The fraction of sp³-hybridized carbons (Fsp3) is 0.238. The van der Waals surface area contributed by atoms with Gasteiger partial charge < -0.3 is 5.32 Å².